The molecule has 0 unspecified atom stereocenters. The van der Waals surface area contributed by atoms with Crippen molar-refractivity contribution >= 4 is 5.69 Å². The van der Waals surface area contributed by atoms with Crippen LogP contribution in [0.25, 0.3) is 0 Å². The van der Waals surface area contributed by atoms with Crippen molar-refractivity contribution < 1.29 is 0 Å². The van der Waals surface area contributed by atoms with E-state index in [9.17, 15) is 0 Å². The summed E-state index contributed by atoms with van der Waals surface area (Å²) in [5.74, 6) is 0. The standard InChI is InChI=1S/C15H20N4/c1-12-4-3-5-15(18-12)11-19(2)9-8-14-7-6-13(16)10-17-14/h3-7,10H,8-9,11,16H2,1-2H3. The molecule has 0 spiro atoms. The van der Waals surface area contributed by atoms with Crippen molar-refractivity contribution in [1.82, 2.24) is 14.9 Å². The molecule has 100 valence electrons. The summed E-state index contributed by atoms with van der Waals surface area (Å²) in [7, 11) is 2.10. The molecule has 2 N–H and O–H groups in total. The van der Waals surface area contributed by atoms with Gasteiger partial charge in [-0.25, -0.2) is 0 Å². The molecule has 0 saturated carbocycles. The smallest absolute Gasteiger partial charge is 0.0547 e. The number of likely N-dealkylation sites (N-methyl/N-ethyl adjacent to an activating group) is 1. The molecule has 0 aromatic carbocycles. The van der Waals surface area contributed by atoms with Crippen LogP contribution in [0.5, 0.6) is 0 Å². The minimum absolute atomic E-state index is 0.709. The van der Waals surface area contributed by atoms with Gasteiger partial charge in [0.15, 0.2) is 0 Å². The normalized spacial score (nSPS) is 10.9. The minimum atomic E-state index is 0.709. The van der Waals surface area contributed by atoms with Crippen LogP contribution in [0.15, 0.2) is 36.5 Å². The van der Waals surface area contributed by atoms with Crippen molar-refractivity contribution in [1.29, 1.82) is 0 Å². The van der Waals surface area contributed by atoms with Crippen LogP contribution in [0.1, 0.15) is 17.1 Å². The SMILES string of the molecule is Cc1cccc(CN(C)CCc2ccc(N)cn2)n1. The summed E-state index contributed by atoms with van der Waals surface area (Å²) >= 11 is 0. The van der Waals surface area contributed by atoms with Gasteiger partial charge in [0.25, 0.3) is 0 Å². The van der Waals surface area contributed by atoms with Crippen LogP contribution in [-0.2, 0) is 13.0 Å². The Kier molecular flexibility index (Phi) is 4.47. The van der Waals surface area contributed by atoms with Gasteiger partial charge < -0.3 is 10.6 Å². The Morgan fingerprint density at radius 2 is 2.00 bits per heavy atom. The highest BCUT2D eigenvalue weighted by Gasteiger charge is 2.03. The lowest BCUT2D eigenvalue weighted by atomic mass is 10.2. The van der Waals surface area contributed by atoms with Gasteiger partial charge in [0.1, 0.15) is 0 Å². The number of nitrogens with two attached hydrogens (primary N) is 1. The minimum Gasteiger partial charge on any atom is -0.397 e. The molecule has 2 aromatic rings. The lowest BCUT2D eigenvalue weighted by Gasteiger charge is -2.16. The van der Waals surface area contributed by atoms with Crippen LogP contribution in [0, 0.1) is 6.92 Å². The van der Waals surface area contributed by atoms with Gasteiger partial charge in [-0.3, -0.25) is 9.97 Å². The molecule has 0 amide bonds. The zero-order valence-corrected chi connectivity index (χ0v) is 11.5. The van der Waals surface area contributed by atoms with E-state index in [4.69, 9.17) is 5.73 Å². The third-order valence-corrected chi connectivity index (χ3v) is 2.98. The Hall–Kier alpha value is -1.94. The maximum Gasteiger partial charge on any atom is 0.0547 e. The van der Waals surface area contributed by atoms with Crippen LogP contribution in [0.3, 0.4) is 0 Å². The topological polar surface area (TPSA) is 55.0 Å². The fourth-order valence-corrected chi connectivity index (χ4v) is 1.93. The number of anilines is 1. The van der Waals surface area contributed by atoms with Crippen LogP contribution in [0.4, 0.5) is 5.69 Å². The van der Waals surface area contributed by atoms with Gasteiger partial charge in [0, 0.05) is 30.9 Å². The predicted molar refractivity (Wildman–Crippen MR) is 77.7 cm³/mol. The molecule has 0 atom stereocenters. The number of aromatic nitrogens is 2. The molecule has 0 aliphatic carbocycles. The molecular formula is C15H20N4. The highest BCUT2D eigenvalue weighted by atomic mass is 15.1. The van der Waals surface area contributed by atoms with Crippen LogP contribution >= 0.6 is 0 Å². The zero-order valence-electron chi connectivity index (χ0n) is 11.5. The van der Waals surface area contributed by atoms with Crippen molar-refractivity contribution in [2.24, 2.45) is 0 Å². The van der Waals surface area contributed by atoms with Gasteiger partial charge in [-0.2, -0.15) is 0 Å². The molecule has 0 fully saturated rings. The molecule has 2 heterocycles. The maximum absolute atomic E-state index is 5.62. The molecule has 2 rings (SSSR count). The lowest BCUT2D eigenvalue weighted by molar-refractivity contribution is 0.326. The molecule has 0 bridgehead atoms. The van der Waals surface area contributed by atoms with E-state index in [1.54, 1.807) is 6.20 Å². The number of nitrogen functional groups attached to an aromatic ring is 1. The second kappa shape index (κ2) is 6.29. The van der Waals surface area contributed by atoms with Crippen molar-refractivity contribution in [2.75, 3.05) is 19.3 Å². The van der Waals surface area contributed by atoms with Crippen LogP contribution in [0.2, 0.25) is 0 Å². The summed E-state index contributed by atoms with van der Waals surface area (Å²) in [4.78, 5) is 11.1. The van der Waals surface area contributed by atoms with Gasteiger partial charge >= 0.3 is 0 Å². The molecule has 4 nitrogen and oxygen atoms in total. The Morgan fingerprint density at radius 3 is 2.68 bits per heavy atom. The molecule has 0 radical (unpaired) electrons. The number of rotatable bonds is 5. The quantitative estimate of drug-likeness (QED) is 0.889. The first-order valence-electron chi connectivity index (χ1n) is 6.45. The third kappa shape index (κ3) is 4.34. The molecule has 0 aliphatic rings. The van der Waals surface area contributed by atoms with Gasteiger partial charge in [0.05, 0.1) is 17.6 Å². The molecule has 4 heteroatoms. The Balaban J connectivity index is 1.84. The Labute approximate surface area is 114 Å². The fraction of sp³-hybridized carbons (Fsp3) is 0.333. The summed E-state index contributed by atoms with van der Waals surface area (Å²) in [5.41, 5.74) is 9.56. The second-order valence-electron chi connectivity index (χ2n) is 4.84. The van der Waals surface area contributed by atoms with E-state index in [0.717, 1.165) is 36.6 Å². The van der Waals surface area contributed by atoms with Crippen LogP contribution in [-0.4, -0.2) is 28.5 Å². The monoisotopic (exact) mass is 256 g/mol. The predicted octanol–water partition coefficient (Wildman–Crippen LogP) is 2.04. The molecule has 0 aliphatic heterocycles. The lowest BCUT2D eigenvalue weighted by Crippen LogP contribution is -2.21. The maximum atomic E-state index is 5.62. The summed E-state index contributed by atoms with van der Waals surface area (Å²) in [6, 6.07) is 10.00. The van der Waals surface area contributed by atoms with Crippen molar-refractivity contribution in [3.63, 3.8) is 0 Å². The molecule has 2 aromatic heterocycles. The van der Waals surface area contributed by atoms with E-state index in [0.29, 0.717) is 5.69 Å². The van der Waals surface area contributed by atoms with Crippen molar-refractivity contribution in [2.45, 2.75) is 19.9 Å². The third-order valence-electron chi connectivity index (χ3n) is 2.98. The van der Waals surface area contributed by atoms with Gasteiger partial charge in [0.2, 0.25) is 0 Å². The molecule has 19 heavy (non-hydrogen) atoms. The largest absolute Gasteiger partial charge is 0.397 e. The summed E-state index contributed by atoms with van der Waals surface area (Å²) < 4.78 is 0. The molecule has 0 saturated heterocycles. The number of hydrogen-bond donors (Lipinski definition) is 1. The number of pyridine rings is 2. The number of nitrogens with zero attached hydrogens (tertiary/aromatic N) is 3. The Bertz CT molecular complexity index is 522. The van der Waals surface area contributed by atoms with E-state index in [2.05, 4.69) is 28.0 Å². The number of aryl methyl sites for hydroxylation is 1. The van der Waals surface area contributed by atoms with Gasteiger partial charge in [-0.1, -0.05) is 6.07 Å². The summed E-state index contributed by atoms with van der Waals surface area (Å²) in [6.45, 7) is 3.82. The molecular weight excluding hydrogens is 236 g/mol. The summed E-state index contributed by atoms with van der Waals surface area (Å²) in [5, 5.41) is 0. The Morgan fingerprint density at radius 1 is 1.16 bits per heavy atom. The first-order chi connectivity index (χ1) is 9.13. The first-order valence-corrected chi connectivity index (χ1v) is 6.45. The number of hydrogen-bond acceptors (Lipinski definition) is 4. The van der Waals surface area contributed by atoms with Crippen molar-refractivity contribution in [3.8, 4) is 0 Å². The van der Waals surface area contributed by atoms with Crippen molar-refractivity contribution in [3.05, 3.63) is 53.6 Å². The van der Waals surface area contributed by atoms with Crippen LogP contribution < -0.4 is 5.73 Å². The highest BCUT2D eigenvalue weighted by Crippen LogP contribution is 2.05. The van der Waals surface area contributed by atoms with Gasteiger partial charge in [-0.15, -0.1) is 0 Å². The average molecular weight is 256 g/mol. The summed E-state index contributed by atoms with van der Waals surface area (Å²) in [6.07, 6.45) is 2.63. The van der Waals surface area contributed by atoms with E-state index in [1.807, 2.05) is 31.2 Å². The zero-order chi connectivity index (χ0) is 13.7. The first kappa shape index (κ1) is 13.5. The van der Waals surface area contributed by atoms with E-state index in [-0.39, 0.29) is 0 Å². The highest BCUT2D eigenvalue weighted by molar-refractivity contribution is 5.34. The second-order valence-corrected chi connectivity index (χ2v) is 4.84. The average Bonchev–Trinajstić information content (AvgIpc) is 2.38. The fourth-order valence-electron chi connectivity index (χ4n) is 1.93. The van der Waals surface area contributed by atoms with E-state index >= 15 is 0 Å². The van der Waals surface area contributed by atoms with E-state index < -0.39 is 0 Å². The van der Waals surface area contributed by atoms with Gasteiger partial charge in [-0.05, 0) is 38.2 Å². The van der Waals surface area contributed by atoms with E-state index in [1.165, 1.54) is 0 Å².